The van der Waals surface area contributed by atoms with Gasteiger partial charge in [0, 0.05) is 5.56 Å². The minimum absolute atomic E-state index is 0.498. The van der Waals surface area contributed by atoms with Crippen molar-refractivity contribution in [2.75, 3.05) is 6.66 Å². The van der Waals surface area contributed by atoms with Gasteiger partial charge in [-0.3, -0.25) is 0 Å². The molecule has 3 rings (SSSR count). The highest BCUT2D eigenvalue weighted by Crippen LogP contribution is 2.52. The van der Waals surface area contributed by atoms with Crippen molar-refractivity contribution in [2.24, 2.45) is 0 Å². The minimum atomic E-state index is -3.21. The van der Waals surface area contributed by atoms with E-state index < -0.39 is 16.6 Å². The highest BCUT2D eigenvalue weighted by Gasteiger charge is 2.34. The van der Waals surface area contributed by atoms with Crippen molar-refractivity contribution in [3.8, 4) is 11.1 Å². The van der Waals surface area contributed by atoms with Crippen LogP contribution in [0.15, 0.2) is 41.3 Å². The maximum atomic E-state index is 12.7. The van der Waals surface area contributed by atoms with Crippen molar-refractivity contribution < 1.29 is 8.42 Å². The summed E-state index contributed by atoms with van der Waals surface area (Å²) in [5, 5.41) is 0.978. The molecule has 2 nitrogen and oxygen atoms in total. The van der Waals surface area contributed by atoms with E-state index in [0.29, 0.717) is 4.90 Å². The second kappa shape index (κ2) is 4.16. The van der Waals surface area contributed by atoms with Gasteiger partial charge in [0.25, 0.3) is 0 Å². The van der Waals surface area contributed by atoms with Crippen LogP contribution in [-0.4, -0.2) is 15.1 Å². The molecule has 19 heavy (non-hydrogen) atoms. The first kappa shape index (κ1) is 12.8. The largest absolute Gasteiger partial charge is 0.219 e. The average molecular weight is 290 g/mol. The first-order chi connectivity index (χ1) is 8.91. The van der Waals surface area contributed by atoms with E-state index in [9.17, 15) is 8.42 Å². The highest BCUT2D eigenvalue weighted by molar-refractivity contribution is 8.52. The molecule has 0 saturated carbocycles. The summed E-state index contributed by atoms with van der Waals surface area (Å²) in [7, 11) is -4.40. The zero-order valence-corrected chi connectivity index (χ0v) is 12.8. The third-order valence-corrected chi connectivity index (χ3v) is 9.56. The van der Waals surface area contributed by atoms with Crippen LogP contribution in [0.3, 0.4) is 0 Å². The van der Waals surface area contributed by atoms with E-state index in [-0.39, 0.29) is 0 Å². The van der Waals surface area contributed by atoms with Gasteiger partial charge < -0.3 is 0 Å². The van der Waals surface area contributed by atoms with Gasteiger partial charge in [0.1, 0.15) is 0 Å². The molecule has 0 bridgehead atoms. The van der Waals surface area contributed by atoms with Gasteiger partial charge in [-0.15, -0.1) is 0 Å². The van der Waals surface area contributed by atoms with E-state index in [1.165, 1.54) is 0 Å². The first-order valence-electron chi connectivity index (χ1n) is 6.12. The summed E-state index contributed by atoms with van der Waals surface area (Å²) in [6.07, 6.45) is 0. The molecule has 0 saturated heterocycles. The van der Waals surface area contributed by atoms with Gasteiger partial charge in [-0.2, -0.15) is 0 Å². The minimum Gasteiger partial charge on any atom is -0.219 e. The lowest BCUT2D eigenvalue weighted by Gasteiger charge is -2.26. The molecular weight excluding hydrogens is 275 g/mol. The molecule has 98 valence electrons. The number of fused-ring (bicyclic) bond motifs is 3. The Morgan fingerprint density at radius 3 is 2.16 bits per heavy atom. The van der Waals surface area contributed by atoms with Crippen LogP contribution < -0.4 is 5.30 Å². The molecule has 0 radical (unpaired) electrons. The molecule has 0 aromatic heterocycles. The van der Waals surface area contributed by atoms with Gasteiger partial charge in [-0.1, -0.05) is 29.8 Å². The summed E-state index contributed by atoms with van der Waals surface area (Å²) in [5.41, 5.74) is 4.02. The fourth-order valence-corrected chi connectivity index (χ4v) is 7.31. The molecule has 1 atom stereocenters. The van der Waals surface area contributed by atoms with Crippen LogP contribution >= 0.6 is 7.12 Å². The Bertz CT molecular complexity index is 779. The summed E-state index contributed by atoms with van der Waals surface area (Å²) in [5.74, 6) is 0. The van der Waals surface area contributed by atoms with Gasteiger partial charge in [0.15, 0.2) is 9.46 Å². The van der Waals surface area contributed by atoms with Crippen molar-refractivity contribution in [1.82, 2.24) is 0 Å². The second-order valence-corrected chi connectivity index (χ2v) is 10.9. The average Bonchev–Trinajstić information content (AvgIpc) is 2.37. The fraction of sp³-hybridized carbons (Fsp3) is 0.200. The van der Waals surface area contributed by atoms with Crippen LogP contribution in [-0.2, 0) is 9.46 Å². The third-order valence-electron chi connectivity index (χ3n) is 3.56. The molecule has 0 spiro atoms. The summed E-state index contributed by atoms with van der Waals surface area (Å²) >= 11 is 0. The number of aryl methyl sites for hydroxylation is 2. The molecule has 0 aliphatic carbocycles. The topological polar surface area (TPSA) is 34.1 Å². The maximum absolute atomic E-state index is 12.7. The Kier molecular flexibility index (Phi) is 2.81. The molecule has 0 fully saturated rings. The van der Waals surface area contributed by atoms with Gasteiger partial charge >= 0.3 is 0 Å². The van der Waals surface area contributed by atoms with Crippen molar-refractivity contribution in [3.63, 3.8) is 0 Å². The van der Waals surface area contributed by atoms with Crippen molar-refractivity contribution >= 4 is 21.9 Å². The molecule has 1 unspecified atom stereocenters. The van der Waals surface area contributed by atoms with Crippen LogP contribution in [0, 0.1) is 13.8 Å². The Balaban J connectivity index is 2.44. The quantitative estimate of drug-likeness (QED) is 0.697. The van der Waals surface area contributed by atoms with Crippen molar-refractivity contribution in [3.05, 3.63) is 47.5 Å². The first-order valence-corrected chi connectivity index (χ1v) is 9.99. The number of benzene rings is 2. The second-order valence-electron chi connectivity index (χ2n) is 4.99. The summed E-state index contributed by atoms with van der Waals surface area (Å²) < 4.78 is 25.3. The van der Waals surface area contributed by atoms with E-state index in [4.69, 9.17) is 0 Å². The lowest BCUT2D eigenvalue weighted by atomic mass is 10.0. The van der Waals surface area contributed by atoms with Gasteiger partial charge in [0.2, 0.25) is 0 Å². The lowest BCUT2D eigenvalue weighted by Crippen LogP contribution is -2.18. The monoisotopic (exact) mass is 290 g/mol. The number of rotatable bonds is 0. The lowest BCUT2D eigenvalue weighted by molar-refractivity contribution is 0.610. The van der Waals surface area contributed by atoms with Crippen molar-refractivity contribution in [2.45, 2.75) is 18.7 Å². The normalized spacial score (nSPS) is 19.6. The Labute approximate surface area is 114 Å². The molecule has 2 aromatic carbocycles. The molecule has 0 amide bonds. The summed E-state index contributed by atoms with van der Waals surface area (Å²) in [4.78, 5) is 0.498. The molecule has 4 heteroatoms. The van der Waals surface area contributed by atoms with Crippen molar-refractivity contribution in [1.29, 1.82) is 0 Å². The molecule has 1 aliphatic heterocycles. The molecular formula is C15H15O2PS. The Hall–Kier alpha value is -1.18. The fourth-order valence-electron chi connectivity index (χ4n) is 2.47. The summed E-state index contributed by atoms with van der Waals surface area (Å²) in [6.45, 7) is 5.77. The highest BCUT2D eigenvalue weighted by atomic mass is 32.8. The van der Waals surface area contributed by atoms with Gasteiger partial charge in [0.05, 0.1) is 12.0 Å². The maximum Gasteiger partial charge on any atom is 0.199 e. The van der Waals surface area contributed by atoms with E-state index in [2.05, 4.69) is 0 Å². The molecule has 0 N–H and O–H groups in total. The smallest absolute Gasteiger partial charge is 0.199 e. The predicted octanol–water partition coefficient (Wildman–Crippen LogP) is 3.41. The Morgan fingerprint density at radius 1 is 0.895 bits per heavy atom. The van der Waals surface area contributed by atoms with E-state index >= 15 is 0 Å². The van der Waals surface area contributed by atoms with Gasteiger partial charge in [-0.25, -0.2) is 8.42 Å². The van der Waals surface area contributed by atoms with E-state index in [1.807, 2.05) is 50.8 Å². The predicted molar refractivity (Wildman–Crippen MR) is 81.0 cm³/mol. The molecule has 1 aliphatic rings. The van der Waals surface area contributed by atoms with Gasteiger partial charge in [-0.05, 0) is 49.1 Å². The van der Waals surface area contributed by atoms with Crippen LogP contribution in [0.4, 0.5) is 0 Å². The SMILES string of the molecule is Cc1ccc2c(c1)P(C)S(=O)(=O)c1cc(C)ccc1-2. The van der Waals surface area contributed by atoms with Crippen LogP contribution in [0.5, 0.6) is 0 Å². The van der Waals surface area contributed by atoms with Crippen LogP contribution in [0.25, 0.3) is 11.1 Å². The number of hydrogen-bond donors (Lipinski definition) is 0. The third kappa shape index (κ3) is 1.84. The number of hydrogen-bond acceptors (Lipinski definition) is 2. The summed E-state index contributed by atoms with van der Waals surface area (Å²) in [6, 6.07) is 11.8. The van der Waals surface area contributed by atoms with E-state index in [0.717, 1.165) is 27.6 Å². The Morgan fingerprint density at radius 2 is 1.47 bits per heavy atom. The van der Waals surface area contributed by atoms with Crippen LogP contribution in [0.1, 0.15) is 11.1 Å². The van der Waals surface area contributed by atoms with Crippen LogP contribution in [0.2, 0.25) is 0 Å². The zero-order valence-electron chi connectivity index (χ0n) is 11.1. The standard InChI is InChI=1S/C15H15O2PS/c1-10-4-6-12-13-7-5-11(2)9-15(13)19(16,17)18(3)14(12)8-10/h4-9H,1-3H3. The van der Waals surface area contributed by atoms with E-state index in [1.54, 1.807) is 6.07 Å². The molecule has 2 aromatic rings. The molecule has 1 heterocycles. The zero-order chi connectivity index (χ0) is 13.8.